The number of carbonyl (C=O) groups excluding carboxylic acids is 2. The van der Waals surface area contributed by atoms with Crippen LogP contribution >= 0.6 is 11.6 Å². The van der Waals surface area contributed by atoms with Crippen LogP contribution in [0.2, 0.25) is 5.02 Å². The maximum absolute atomic E-state index is 13.4. The molecule has 3 aromatic rings. The first kappa shape index (κ1) is 25.2. The van der Waals surface area contributed by atoms with E-state index in [0.717, 1.165) is 12.1 Å². The molecule has 1 aromatic carbocycles. The van der Waals surface area contributed by atoms with E-state index in [1.807, 2.05) is 0 Å². The van der Waals surface area contributed by atoms with Crippen molar-refractivity contribution in [3.8, 4) is 17.2 Å². The van der Waals surface area contributed by atoms with E-state index in [4.69, 9.17) is 21.1 Å². The number of pyridine rings is 2. The fourth-order valence-corrected chi connectivity index (χ4v) is 3.65. The fourth-order valence-electron chi connectivity index (χ4n) is 3.47. The molecule has 1 aliphatic carbocycles. The predicted molar refractivity (Wildman–Crippen MR) is 124 cm³/mol. The summed E-state index contributed by atoms with van der Waals surface area (Å²) in [5.41, 5.74) is -1.87. The van der Waals surface area contributed by atoms with Gasteiger partial charge < -0.3 is 14.8 Å². The first-order valence-corrected chi connectivity index (χ1v) is 11.0. The minimum atomic E-state index is -4.66. The minimum absolute atomic E-state index is 0.0380. The van der Waals surface area contributed by atoms with Gasteiger partial charge >= 0.3 is 6.18 Å². The Morgan fingerprint density at radius 1 is 1.08 bits per heavy atom. The second kappa shape index (κ2) is 9.65. The number of halogens is 4. The topological polar surface area (TPSA) is 93.7 Å². The number of methoxy groups -OCH3 is 1. The highest BCUT2D eigenvalue weighted by atomic mass is 35.5. The van der Waals surface area contributed by atoms with Gasteiger partial charge in [0, 0.05) is 19.4 Å². The summed E-state index contributed by atoms with van der Waals surface area (Å²) in [6.07, 6.45) is 0.164. The molecule has 1 fully saturated rings. The Hall–Kier alpha value is -3.86. The lowest BCUT2D eigenvalue weighted by atomic mass is 10.2. The lowest BCUT2D eigenvalue weighted by Gasteiger charge is -2.24. The number of likely N-dealkylation sites (N-methyl/N-ethyl adjacent to an activating group) is 1. The van der Waals surface area contributed by atoms with Crippen molar-refractivity contribution in [3.63, 3.8) is 0 Å². The lowest BCUT2D eigenvalue weighted by Crippen LogP contribution is -2.50. The first-order chi connectivity index (χ1) is 17.0. The number of hydrogen-bond acceptors (Lipinski definition) is 6. The number of ether oxygens (including phenoxy) is 2. The van der Waals surface area contributed by atoms with E-state index >= 15 is 0 Å². The van der Waals surface area contributed by atoms with Crippen molar-refractivity contribution >= 4 is 29.2 Å². The van der Waals surface area contributed by atoms with Crippen LogP contribution in [0.1, 0.15) is 28.8 Å². The number of nitrogens with one attached hydrogen (secondary N) is 1. The molecule has 0 bridgehead atoms. The average Bonchev–Trinajstić information content (AvgIpc) is 3.63. The van der Waals surface area contributed by atoms with Crippen molar-refractivity contribution in [1.29, 1.82) is 0 Å². The summed E-state index contributed by atoms with van der Waals surface area (Å²) in [4.78, 5) is 35.0. The smallest absolute Gasteiger partial charge is 0.420 e. The van der Waals surface area contributed by atoms with Gasteiger partial charge in [-0.15, -0.1) is 0 Å². The number of anilines is 1. The van der Waals surface area contributed by atoms with E-state index in [9.17, 15) is 22.8 Å². The highest BCUT2D eigenvalue weighted by Crippen LogP contribution is 2.41. The van der Waals surface area contributed by atoms with Crippen LogP contribution < -0.4 is 19.7 Å². The zero-order valence-electron chi connectivity index (χ0n) is 19.1. The zero-order chi connectivity index (χ0) is 26.1. The normalized spacial score (nSPS) is 14.1. The van der Waals surface area contributed by atoms with Gasteiger partial charge in [0.15, 0.2) is 0 Å². The Morgan fingerprint density at radius 3 is 2.39 bits per heavy atom. The molecule has 8 nitrogen and oxygen atoms in total. The average molecular weight is 521 g/mol. The molecule has 188 valence electrons. The van der Waals surface area contributed by atoms with Crippen molar-refractivity contribution in [2.75, 3.05) is 19.1 Å². The van der Waals surface area contributed by atoms with Crippen molar-refractivity contribution in [3.05, 3.63) is 71.1 Å². The highest BCUT2D eigenvalue weighted by Gasteiger charge is 2.53. The van der Waals surface area contributed by atoms with E-state index in [1.54, 1.807) is 0 Å². The van der Waals surface area contributed by atoms with E-state index in [2.05, 4.69) is 15.3 Å². The molecule has 1 aliphatic rings. The molecule has 0 aliphatic heterocycles. The van der Waals surface area contributed by atoms with Gasteiger partial charge in [-0.25, -0.2) is 4.98 Å². The van der Waals surface area contributed by atoms with Crippen LogP contribution in [-0.2, 0) is 11.0 Å². The summed E-state index contributed by atoms with van der Waals surface area (Å²) in [6, 6.07) is 7.62. The van der Waals surface area contributed by atoms with E-state index in [-0.39, 0.29) is 28.8 Å². The molecule has 1 N–H and O–H groups in total. The molecule has 2 heterocycles. The number of amides is 2. The third-order valence-corrected chi connectivity index (χ3v) is 5.77. The van der Waals surface area contributed by atoms with E-state index in [1.165, 1.54) is 61.9 Å². The molecular weight excluding hydrogens is 501 g/mol. The molecular formula is C24H20ClF3N4O4. The Labute approximate surface area is 209 Å². The van der Waals surface area contributed by atoms with Gasteiger partial charge in [0.1, 0.15) is 34.2 Å². The molecule has 0 unspecified atom stereocenters. The van der Waals surface area contributed by atoms with Crippen LogP contribution in [0.5, 0.6) is 17.2 Å². The molecule has 36 heavy (non-hydrogen) atoms. The molecule has 2 amide bonds. The molecule has 0 radical (unpaired) electrons. The number of nitrogens with zero attached hydrogens (tertiary/aromatic N) is 3. The summed E-state index contributed by atoms with van der Waals surface area (Å²) in [7, 11) is 2.76. The third-order valence-electron chi connectivity index (χ3n) is 5.57. The molecule has 1 saturated carbocycles. The third kappa shape index (κ3) is 5.35. The number of alkyl halides is 3. The van der Waals surface area contributed by atoms with Gasteiger partial charge in [-0.05, 0) is 49.2 Å². The van der Waals surface area contributed by atoms with Gasteiger partial charge in [0.25, 0.3) is 11.8 Å². The van der Waals surface area contributed by atoms with Gasteiger partial charge in [-0.1, -0.05) is 11.6 Å². The number of aromatic nitrogens is 2. The zero-order valence-corrected chi connectivity index (χ0v) is 19.9. The summed E-state index contributed by atoms with van der Waals surface area (Å²) in [5.74, 6) is -0.989. The maximum Gasteiger partial charge on any atom is 0.420 e. The number of benzene rings is 1. The van der Waals surface area contributed by atoms with Gasteiger partial charge in [-0.2, -0.15) is 13.2 Å². The Morgan fingerprint density at radius 2 is 1.81 bits per heavy atom. The van der Waals surface area contributed by atoms with Crippen LogP contribution in [-0.4, -0.2) is 41.5 Å². The van der Waals surface area contributed by atoms with Gasteiger partial charge in [0.05, 0.1) is 23.9 Å². The monoisotopic (exact) mass is 520 g/mol. The summed E-state index contributed by atoms with van der Waals surface area (Å²) in [5, 5.41) is 3.03. The summed E-state index contributed by atoms with van der Waals surface area (Å²) in [6.45, 7) is 0. The molecule has 4 rings (SSSR count). The van der Waals surface area contributed by atoms with Crippen molar-refractivity contribution in [1.82, 2.24) is 15.3 Å². The van der Waals surface area contributed by atoms with Crippen LogP contribution in [0.3, 0.4) is 0 Å². The molecule has 0 spiro atoms. The molecule has 12 heteroatoms. The van der Waals surface area contributed by atoms with E-state index in [0.29, 0.717) is 17.9 Å². The molecule has 0 saturated heterocycles. The minimum Gasteiger partial charge on any atom is -0.497 e. The largest absolute Gasteiger partial charge is 0.497 e. The van der Waals surface area contributed by atoms with Crippen molar-refractivity contribution in [2.24, 2.45) is 0 Å². The maximum atomic E-state index is 13.4. The Balaban J connectivity index is 1.46. The van der Waals surface area contributed by atoms with Crippen LogP contribution in [0.15, 0.2) is 55.0 Å². The standard InChI is InChI=1S/C24H20ClF3N4O4/c1-32(22(34)23(7-8-23)31-21(33)14-9-15(25)12-29-11-14)20-6-4-17(13-30-20)36-19-5-3-16(35-2)10-18(19)24(26,27)28/h3-6,9-13H,7-8H2,1-2H3,(H,31,33). The van der Waals surface area contributed by atoms with Crippen molar-refractivity contribution < 1.29 is 32.2 Å². The van der Waals surface area contributed by atoms with Gasteiger partial charge in [0.2, 0.25) is 0 Å². The quantitative estimate of drug-likeness (QED) is 0.477. The van der Waals surface area contributed by atoms with Gasteiger partial charge in [-0.3, -0.25) is 19.5 Å². The first-order valence-electron chi connectivity index (χ1n) is 10.6. The lowest BCUT2D eigenvalue weighted by molar-refractivity contribution is -0.138. The van der Waals surface area contributed by atoms with E-state index < -0.39 is 28.9 Å². The van der Waals surface area contributed by atoms with Crippen LogP contribution in [0, 0.1) is 0 Å². The number of hydrogen-bond donors (Lipinski definition) is 1. The summed E-state index contributed by atoms with van der Waals surface area (Å²) < 4.78 is 50.6. The second-order valence-electron chi connectivity index (χ2n) is 8.11. The number of rotatable bonds is 7. The van der Waals surface area contributed by atoms with Crippen molar-refractivity contribution in [2.45, 2.75) is 24.6 Å². The Bertz CT molecular complexity index is 1300. The second-order valence-corrected chi connectivity index (χ2v) is 8.54. The molecule has 2 aromatic heterocycles. The Kier molecular flexibility index (Phi) is 6.77. The molecule has 0 atom stereocenters. The number of carbonyl (C=O) groups is 2. The van der Waals surface area contributed by atoms with Crippen LogP contribution in [0.25, 0.3) is 0 Å². The summed E-state index contributed by atoms with van der Waals surface area (Å²) >= 11 is 5.88. The highest BCUT2D eigenvalue weighted by molar-refractivity contribution is 6.30. The predicted octanol–water partition coefficient (Wildman–Crippen LogP) is 4.88. The SMILES string of the molecule is COc1ccc(Oc2ccc(N(C)C(=O)C3(NC(=O)c4cncc(Cl)c4)CC3)nc2)c(C(F)(F)F)c1. The van der Waals surface area contributed by atoms with Crippen LogP contribution in [0.4, 0.5) is 19.0 Å². The fraction of sp³-hybridized carbons (Fsp3) is 0.250.